The van der Waals surface area contributed by atoms with E-state index in [0.29, 0.717) is 18.7 Å². The first-order valence-corrected chi connectivity index (χ1v) is 10.1. The lowest BCUT2D eigenvalue weighted by atomic mass is 9.84. The van der Waals surface area contributed by atoms with E-state index in [9.17, 15) is 4.79 Å². The molecule has 1 aliphatic rings. The lowest BCUT2D eigenvalue weighted by Gasteiger charge is -2.32. The fraction of sp³-hybridized carbons (Fsp3) is 0.304. The van der Waals surface area contributed by atoms with Crippen molar-refractivity contribution >= 4 is 22.5 Å². The summed E-state index contributed by atoms with van der Waals surface area (Å²) >= 11 is 0. The van der Waals surface area contributed by atoms with Crippen LogP contribution in [0.4, 0.5) is 0 Å². The Morgan fingerprint density at radius 1 is 1.10 bits per heavy atom. The number of nitrogens with zero attached hydrogens (tertiary/aromatic N) is 5. The van der Waals surface area contributed by atoms with E-state index in [1.807, 2.05) is 29.2 Å². The van der Waals surface area contributed by atoms with Gasteiger partial charge in [-0.1, -0.05) is 55.0 Å². The van der Waals surface area contributed by atoms with Crippen LogP contribution in [0.5, 0.6) is 0 Å². The molecule has 0 radical (unpaired) electrons. The van der Waals surface area contributed by atoms with Crippen LogP contribution in [0.15, 0.2) is 54.6 Å². The minimum absolute atomic E-state index is 0.147. The van der Waals surface area contributed by atoms with E-state index in [4.69, 9.17) is 0 Å². The number of tetrazole rings is 1. The van der Waals surface area contributed by atoms with Crippen molar-refractivity contribution in [1.29, 1.82) is 0 Å². The van der Waals surface area contributed by atoms with E-state index in [2.05, 4.69) is 52.8 Å². The fourth-order valence-corrected chi connectivity index (χ4v) is 4.13. The van der Waals surface area contributed by atoms with Crippen LogP contribution in [0.25, 0.3) is 16.6 Å². The minimum Gasteiger partial charge on any atom is -0.334 e. The molecular weight excluding hydrogens is 362 g/mol. The molecule has 4 aromatic rings. The fourth-order valence-electron chi connectivity index (χ4n) is 4.13. The zero-order valence-electron chi connectivity index (χ0n) is 16.5. The van der Waals surface area contributed by atoms with E-state index < -0.39 is 0 Å². The van der Waals surface area contributed by atoms with Crippen molar-refractivity contribution in [3.63, 3.8) is 0 Å². The molecule has 29 heavy (non-hydrogen) atoms. The third-order valence-electron chi connectivity index (χ3n) is 5.91. The Morgan fingerprint density at radius 2 is 1.93 bits per heavy atom. The van der Waals surface area contributed by atoms with Crippen LogP contribution in [0, 0.1) is 12.8 Å². The smallest absolute Gasteiger partial charge is 0.226 e. The van der Waals surface area contributed by atoms with Crippen LogP contribution in [0.3, 0.4) is 0 Å². The molecule has 5 rings (SSSR count). The molecule has 0 aliphatic heterocycles. The number of para-hydroxylation sites is 1. The molecule has 0 saturated heterocycles. The van der Waals surface area contributed by atoms with Gasteiger partial charge in [0.15, 0.2) is 5.65 Å². The second-order valence-electron chi connectivity index (χ2n) is 7.90. The highest BCUT2D eigenvalue weighted by Crippen LogP contribution is 2.30. The number of aryl methyl sites for hydroxylation is 1. The molecule has 0 atom stereocenters. The van der Waals surface area contributed by atoms with Gasteiger partial charge in [-0.25, -0.2) is 0 Å². The molecule has 0 spiro atoms. The van der Waals surface area contributed by atoms with Crippen molar-refractivity contribution in [1.82, 2.24) is 24.9 Å². The number of fused-ring (bicyclic) bond motifs is 3. The maximum atomic E-state index is 13.2. The summed E-state index contributed by atoms with van der Waals surface area (Å²) in [5, 5.41) is 13.5. The van der Waals surface area contributed by atoms with Gasteiger partial charge in [-0.15, -0.1) is 5.10 Å². The number of rotatable bonds is 5. The SMILES string of the molecule is Cc1cccc2cc(CN(Cc3ccccc3)C(=O)C3CCC3)c3nnnn3c12. The maximum Gasteiger partial charge on any atom is 0.226 e. The third kappa shape index (κ3) is 3.24. The predicted octanol–water partition coefficient (Wildman–Crippen LogP) is 3.91. The highest BCUT2D eigenvalue weighted by Gasteiger charge is 2.30. The maximum absolute atomic E-state index is 13.2. The Balaban J connectivity index is 1.56. The summed E-state index contributed by atoms with van der Waals surface area (Å²) < 4.78 is 1.80. The summed E-state index contributed by atoms with van der Waals surface area (Å²) in [6, 6.07) is 18.5. The number of pyridine rings is 1. The van der Waals surface area contributed by atoms with Gasteiger partial charge in [0, 0.05) is 30.0 Å². The molecule has 6 nitrogen and oxygen atoms in total. The first-order valence-electron chi connectivity index (χ1n) is 10.1. The van der Waals surface area contributed by atoms with E-state index in [1.54, 1.807) is 4.52 Å². The first-order chi connectivity index (χ1) is 14.2. The van der Waals surface area contributed by atoms with Crippen molar-refractivity contribution in [2.45, 2.75) is 39.3 Å². The monoisotopic (exact) mass is 385 g/mol. The Morgan fingerprint density at radius 3 is 2.69 bits per heavy atom. The van der Waals surface area contributed by atoms with Gasteiger partial charge in [0.2, 0.25) is 5.91 Å². The standard InChI is InChI=1S/C23H23N5O/c1-16-7-5-12-19-13-20(22-24-25-26-28(22)21(16)19)15-27(23(29)18-10-6-11-18)14-17-8-3-2-4-9-17/h2-5,7-9,12-13,18H,6,10-11,14-15H2,1H3. The molecule has 1 saturated carbocycles. The largest absolute Gasteiger partial charge is 0.334 e. The molecular formula is C23H23N5O. The van der Waals surface area contributed by atoms with Gasteiger partial charge in [-0.3, -0.25) is 4.79 Å². The molecule has 0 N–H and O–H groups in total. The number of benzene rings is 2. The van der Waals surface area contributed by atoms with Crippen LogP contribution >= 0.6 is 0 Å². The van der Waals surface area contributed by atoms with Gasteiger partial charge in [-0.05, 0) is 47.4 Å². The van der Waals surface area contributed by atoms with Crippen molar-refractivity contribution in [3.8, 4) is 0 Å². The average molecular weight is 385 g/mol. The van der Waals surface area contributed by atoms with Crippen LogP contribution in [0.1, 0.15) is 36.0 Å². The molecule has 2 heterocycles. The predicted molar refractivity (Wildman–Crippen MR) is 111 cm³/mol. The lowest BCUT2D eigenvalue weighted by Crippen LogP contribution is -2.38. The summed E-state index contributed by atoms with van der Waals surface area (Å²) in [7, 11) is 0. The Kier molecular flexibility index (Phi) is 4.46. The summed E-state index contributed by atoms with van der Waals surface area (Å²) in [5.41, 5.74) is 4.95. The van der Waals surface area contributed by atoms with Crippen molar-refractivity contribution < 1.29 is 4.79 Å². The first kappa shape index (κ1) is 17.8. The summed E-state index contributed by atoms with van der Waals surface area (Å²) in [4.78, 5) is 15.2. The van der Waals surface area contributed by atoms with Gasteiger partial charge in [0.25, 0.3) is 0 Å². The van der Waals surface area contributed by atoms with Crippen molar-refractivity contribution in [3.05, 3.63) is 71.3 Å². The zero-order valence-corrected chi connectivity index (χ0v) is 16.5. The van der Waals surface area contributed by atoms with E-state index >= 15 is 0 Å². The zero-order chi connectivity index (χ0) is 19.8. The molecule has 6 heteroatoms. The van der Waals surface area contributed by atoms with E-state index in [-0.39, 0.29) is 11.8 Å². The second-order valence-corrected chi connectivity index (χ2v) is 7.90. The Hall–Kier alpha value is -3.28. The normalized spacial score (nSPS) is 14.2. The molecule has 0 unspecified atom stereocenters. The lowest BCUT2D eigenvalue weighted by molar-refractivity contribution is -0.139. The number of carbonyl (C=O) groups excluding carboxylic acids is 1. The van der Waals surface area contributed by atoms with E-state index in [0.717, 1.165) is 46.9 Å². The quantitative estimate of drug-likeness (QED) is 0.522. The van der Waals surface area contributed by atoms with Crippen LogP contribution in [-0.2, 0) is 17.9 Å². The highest BCUT2D eigenvalue weighted by molar-refractivity contribution is 5.86. The minimum atomic E-state index is 0.147. The highest BCUT2D eigenvalue weighted by atomic mass is 16.2. The average Bonchev–Trinajstić information content (AvgIpc) is 3.17. The molecule has 2 aromatic heterocycles. The number of hydrogen-bond donors (Lipinski definition) is 0. The van der Waals surface area contributed by atoms with Crippen LogP contribution in [0.2, 0.25) is 0 Å². The number of aromatic nitrogens is 4. The molecule has 1 amide bonds. The molecule has 2 aromatic carbocycles. The van der Waals surface area contributed by atoms with Crippen molar-refractivity contribution in [2.24, 2.45) is 5.92 Å². The summed E-state index contributed by atoms with van der Waals surface area (Å²) in [5.74, 6) is 0.378. The molecule has 146 valence electrons. The second kappa shape index (κ2) is 7.28. The third-order valence-corrected chi connectivity index (χ3v) is 5.91. The summed E-state index contributed by atoms with van der Waals surface area (Å²) in [6.07, 6.45) is 3.12. The Bertz CT molecular complexity index is 1180. The van der Waals surface area contributed by atoms with Gasteiger partial charge in [-0.2, -0.15) is 4.52 Å². The summed E-state index contributed by atoms with van der Waals surface area (Å²) in [6.45, 7) is 3.15. The molecule has 1 fully saturated rings. The van der Waals surface area contributed by atoms with Gasteiger partial charge in [0.1, 0.15) is 0 Å². The molecule has 0 bridgehead atoms. The van der Waals surface area contributed by atoms with Gasteiger partial charge >= 0.3 is 0 Å². The molecule has 1 aliphatic carbocycles. The van der Waals surface area contributed by atoms with Crippen LogP contribution in [-0.4, -0.2) is 30.8 Å². The number of hydrogen-bond acceptors (Lipinski definition) is 4. The Labute approximate surface area is 169 Å². The van der Waals surface area contributed by atoms with Crippen molar-refractivity contribution in [2.75, 3.05) is 0 Å². The topological polar surface area (TPSA) is 63.4 Å². The van der Waals surface area contributed by atoms with Gasteiger partial charge in [0.05, 0.1) is 5.52 Å². The number of amides is 1. The van der Waals surface area contributed by atoms with Gasteiger partial charge < -0.3 is 4.90 Å². The van der Waals surface area contributed by atoms with Crippen LogP contribution < -0.4 is 0 Å². The number of carbonyl (C=O) groups is 1. The van der Waals surface area contributed by atoms with E-state index in [1.165, 1.54) is 0 Å².